The van der Waals surface area contributed by atoms with E-state index in [0.29, 0.717) is 4.99 Å². The van der Waals surface area contributed by atoms with Gasteiger partial charge in [-0.3, -0.25) is 0 Å². The molecular formula is C9H10ClNS. The van der Waals surface area contributed by atoms with E-state index >= 15 is 0 Å². The van der Waals surface area contributed by atoms with Crippen LogP contribution in [0.25, 0.3) is 0 Å². The molecule has 0 aliphatic rings. The Morgan fingerprint density at radius 3 is 2.75 bits per heavy atom. The molecule has 0 unspecified atom stereocenters. The lowest BCUT2D eigenvalue weighted by atomic mass is 10.1. The Labute approximate surface area is 82.7 Å². The van der Waals surface area contributed by atoms with Crippen molar-refractivity contribution in [3.63, 3.8) is 0 Å². The van der Waals surface area contributed by atoms with Crippen molar-refractivity contribution in [2.75, 3.05) is 7.05 Å². The van der Waals surface area contributed by atoms with Crippen molar-refractivity contribution in [1.82, 2.24) is 5.32 Å². The van der Waals surface area contributed by atoms with Crippen molar-refractivity contribution in [1.29, 1.82) is 0 Å². The fraction of sp³-hybridized carbons (Fsp3) is 0.222. The van der Waals surface area contributed by atoms with Crippen molar-refractivity contribution >= 4 is 28.8 Å². The van der Waals surface area contributed by atoms with Crippen molar-refractivity contribution < 1.29 is 0 Å². The summed E-state index contributed by atoms with van der Waals surface area (Å²) in [5, 5.41) is 3.63. The number of halogens is 1. The molecular weight excluding hydrogens is 190 g/mol. The molecule has 0 saturated heterocycles. The van der Waals surface area contributed by atoms with Gasteiger partial charge in [0.05, 0.1) is 5.02 Å². The van der Waals surface area contributed by atoms with Gasteiger partial charge in [0, 0.05) is 12.6 Å². The number of nitrogens with one attached hydrogen (secondary N) is 1. The first-order valence-corrected chi connectivity index (χ1v) is 4.42. The minimum atomic E-state index is 0.684. The lowest BCUT2D eigenvalue weighted by Gasteiger charge is -2.06. The molecule has 12 heavy (non-hydrogen) atoms. The average molecular weight is 200 g/mol. The van der Waals surface area contributed by atoms with Crippen LogP contribution in [0.1, 0.15) is 11.1 Å². The lowest BCUT2D eigenvalue weighted by Crippen LogP contribution is -2.16. The summed E-state index contributed by atoms with van der Waals surface area (Å²) in [5.74, 6) is 0. The molecule has 0 spiro atoms. The van der Waals surface area contributed by atoms with E-state index in [9.17, 15) is 0 Å². The van der Waals surface area contributed by atoms with Gasteiger partial charge in [-0.05, 0) is 12.5 Å². The van der Waals surface area contributed by atoms with Gasteiger partial charge in [-0.15, -0.1) is 0 Å². The van der Waals surface area contributed by atoms with Gasteiger partial charge in [0.2, 0.25) is 0 Å². The molecule has 1 rings (SSSR count). The average Bonchev–Trinajstić information content (AvgIpc) is 2.08. The molecule has 0 amide bonds. The third kappa shape index (κ3) is 1.76. The molecule has 0 fully saturated rings. The van der Waals surface area contributed by atoms with Gasteiger partial charge >= 0.3 is 0 Å². The molecule has 0 heterocycles. The van der Waals surface area contributed by atoms with Gasteiger partial charge in [0.1, 0.15) is 4.99 Å². The number of benzene rings is 1. The Kier molecular flexibility index (Phi) is 3.06. The maximum atomic E-state index is 6.04. The summed E-state index contributed by atoms with van der Waals surface area (Å²) in [6.07, 6.45) is 0. The minimum Gasteiger partial charge on any atom is -0.379 e. The molecule has 0 aromatic heterocycles. The molecule has 0 atom stereocenters. The Hall–Kier alpha value is -0.600. The van der Waals surface area contributed by atoms with Gasteiger partial charge in [-0.2, -0.15) is 0 Å². The number of rotatable bonds is 1. The van der Waals surface area contributed by atoms with E-state index in [1.54, 1.807) is 7.05 Å². The standard InChI is InChI=1S/C9H10ClNS/c1-6-4-3-5-7(8(6)10)9(12)11-2/h3-5H,1-2H3,(H,11,12). The van der Waals surface area contributed by atoms with E-state index in [0.717, 1.165) is 16.1 Å². The molecule has 1 N–H and O–H groups in total. The van der Waals surface area contributed by atoms with Gasteiger partial charge < -0.3 is 5.32 Å². The van der Waals surface area contributed by atoms with Gasteiger partial charge in [-0.1, -0.05) is 42.0 Å². The second-order valence-electron chi connectivity index (χ2n) is 2.52. The van der Waals surface area contributed by atoms with Gasteiger partial charge in [-0.25, -0.2) is 0 Å². The molecule has 0 radical (unpaired) electrons. The van der Waals surface area contributed by atoms with E-state index in [1.807, 2.05) is 25.1 Å². The molecule has 1 aromatic carbocycles. The topological polar surface area (TPSA) is 12.0 Å². The maximum Gasteiger partial charge on any atom is 0.107 e. The molecule has 0 aliphatic carbocycles. The predicted octanol–water partition coefficient (Wildman–Crippen LogP) is 2.54. The van der Waals surface area contributed by atoms with Gasteiger partial charge in [0.15, 0.2) is 0 Å². The highest BCUT2D eigenvalue weighted by Gasteiger charge is 2.05. The van der Waals surface area contributed by atoms with Crippen LogP contribution < -0.4 is 5.32 Å². The van der Waals surface area contributed by atoms with E-state index in [1.165, 1.54) is 0 Å². The highest BCUT2D eigenvalue weighted by atomic mass is 35.5. The van der Waals surface area contributed by atoms with E-state index in [-0.39, 0.29) is 0 Å². The summed E-state index contributed by atoms with van der Waals surface area (Å²) in [5.41, 5.74) is 1.95. The van der Waals surface area contributed by atoms with Crippen molar-refractivity contribution in [3.8, 4) is 0 Å². The molecule has 64 valence electrons. The molecule has 0 saturated carbocycles. The number of hydrogen-bond acceptors (Lipinski definition) is 1. The Morgan fingerprint density at radius 2 is 2.17 bits per heavy atom. The SMILES string of the molecule is CNC(=S)c1cccc(C)c1Cl. The van der Waals surface area contributed by atoms with Crippen LogP contribution in [0.4, 0.5) is 0 Å². The van der Waals surface area contributed by atoms with Crippen LogP contribution in [0, 0.1) is 6.92 Å². The van der Waals surface area contributed by atoms with Crippen LogP contribution in [-0.4, -0.2) is 12.0 Å². The Morgan fingerprint density at radius 1 is 1.50 bits per heavy atom. The summed E-state index contributed by atoms with van der Waals surface area (Å²) in [6, 6.07) is 5.82. The molecule has 0 bridgehead atoms. The summed E-state index contributed by atoms with van der Waals surface area (Å²) < 4.78 is 0. The van der Waals surface area contributed by atoms with Crippen molar-refractivity contribution in [3.05, 3.63) is 34.3 Å². The van der Waals surface area contributed by atoms with Crippen molar-refractivity contribution in [2.45, 2.75) is 6.92 Å². The molecule has 1 nitrogen and oxygen atoms in total. The number of thiocarbonyl (C=S) groups is 1. The highest BCUT2D eigenvalue weighted by Crippen LogP contribution is 2.20. The second-order valence-corrected chi connectivity index (χ2v) is 3.30. The minimum absolute atomic E-state index is 0.684. The van der Waals surface area contributed by atoms with Crippen LogP contribution in [-0.2, 0) is 0 Å². The fourth-order valence-electron chi connectivity index (χ4n) is 0.957. The van der Waals surface area contributed by atoms with Crippen molar-refractivity contribution in [2.24, 2.45) is 0 Å². The Balaban J connectivity index is 3.16. The molecule has 3 heteroatoms. The van der Waals surface area contributed by atoms with E-state index in [4.69, 9.17) is 23.8 Å². The normalized spacial score (nSPS) is 9.58. The number of hydrogen-bond donors (Lipinski definition) is 1. The first kappa shape index (κ1) is 9.49. The summed E-state index contributed by atoms with van der Waals surface area (Å²) in [6.45, 7) is 1.96. The summed E-state index contributed by atoms with van der Waals surface area (Å²) in [7, 11) is 1.79. The monoisotopic (exact) mass is 199 g/mol. The largest absolute Gasteiger partial charge is 0.379 e. The van der Waals surface area contributed by atoms with Crippen LogP contribution in [0.2, 0.25) is 5.02 Å². The van der Waals surface area contributed by atoms with Crippen LogP contribution in [0.15, 0.2) is 18.2 Å². The van der Waals surface area contributed by atoms with E-state index < -0.39 is 0 Å². The third-order valence-electron chi connectivity index (χ3n) is 1.66. The zero-order chi connectivity index (χ0) is 9.14. The highest BCUT2D eigenvalue weighted by molar-refractivity contribution is 7.80. The molecule has 0 aliphatic heterocycles. The quantitative estimate of drug-likeness (QED) is 0.698. The maximum absolute atomic E-state index is 6.04. The first-order valence-electron chi connectivity index (χ1n) is 3.64. The van der Waals surface area contributed by atoms with Crippen LogP contribution in [0.5, 0.6) is 0 Å². The first-order chi connectivity index (χ1) is 5.66. The lowest BCUT2D eigenvalue weighted by molar-refractivity contribution is 1.20. The smallest absolute Gasteiger partial charge is 0.107 e. The third-order valence-corrected chi connectivity index (χ3v) is 2.59. The summed E-state index contributed by atoms with van der Waals surface area (Å²) >= 11 is 11.1. The fourth-order valence-corrected chi connectivity index (χ4v) is 1.40. The Bertz CT molecular complexity index is 309. The van der Waals surface area contributed by atoms with Crippen LogP contribution >= 0.6 is 23.8 Å². The molecule has 1 aromatic rings. The van der Waals surface area contributed by atoms with Crippen LogP contribution in [0.3, 0.4) is 0 Å². The second kappa shape index (κ2) is 3.87. The van der Waals surface area contributed by atoms with E-state index in [2.05, 4.69) is 5.32 Å². The predicted molar refractivity (Wildman–Crippen MR) is 56.9 cm³/mol. The zero-order valence-corrected chi connectivity index (χ0v) is 8.59. The number of aryl methyl sites for hydroxylation is 1. The summed E-state index contributed by atoms with van der Waals surface area (Å²) in [4.78, 5) is 0.684. The van der Waals surface area contributed by atoms with Gasteiger partial charge in [0.25, 0.3) is 0 Å². The zero-order valence-electron chi connectivity index (χ0n) is 7.02.